The molecule has 3 aliphatic rings. The van der Waals surface area contributed by atoms with Crippen molar-refractivity contribution in [3.8, 4) is 0 Å². The molecule has 3 fully saturated rings. The van der Waals surface area contributed by atoms with Crippen molar-refractivity contribution >= 4 is 5.78 Å². The van der Waals surface area contributed by atoms with Gasteiger partial charge in [0.15, 0.2) is 0 Å². The number of Topliss-reactive ketones (excluding diaryl/α,β-unsaturated/α-hetero) is 1. The molecule has 0 amide bonds. The molecule has 3 heteroatoms. The third-order valence-electron chi connectivity index (χ3n) is 5.06. The number of fused-ring (bicyclic) bond motifs is 2. The molecule has 0 aromatic heterocycles. The number of nitrogens with zero attached hydrogens (tertiary/aromatic N) is 2. The van der Waals surface area contributed by atoms with Gasteiger partial charge in [0, 0.05) is 38.0 Å². The van der Waals surface area contributed by atoms with Crippen LogP contribution in [0.25, 0.3) is 0 Å². The predicted octanol–water partition coefficient (Wildman–Crippen LogP) is 2.06. The van der Waals surface area contributed by atoms with Gasteiger partial charge in [0.25, 0.3) is 0 Å². The molecule has 0 radical (unpaired) electrons. The fourth-order valence-electron chi connectivity index (χ4n) is 4.07. The standard InChI is InChI=1S/C15H26N2O/c18-15-11-13-5-4-6-14(12-15)17(13)10-9-16-7-2-1-3-8-16/h13-14H,1-12H2. The third kappa shape index (κ3) is 2.77. The third-order valence-corrected chi connectivity index (χ3v) is 5.06. The first-order chi connectivity index (χ1) is 8.83. The first kappa shape index (κ1) is 12.6. The number of carbonyl (C=O) groups excluding carboxylic acids is 1. The number of rotatable bonds is 3. The van der Waals surface area contributed by atoms with Crippen LogP contribution in [0.4, 0.5) is 0 Å². The van der Waals surface area contributed by atoms with Crippen LogP contribution in [0.1, 0.15) is 51.4 Å². The lowest BCUT2D eigenvalue weighted by Crippen LogP contribution is -2.54. The first-order valence-electron chi connectivity index (χ1n) is 7.83. The maximum Gasteiger partial charge on any atom is 0.136 e. The van der Waals surface area contributed by atoms with Crippen LogP contribution in [0.3, 0.4) is 0 Å². The second-order valence-corrected chi connectivity index (χ2v) is 6.33. The quantitative estimate of drug-likeness (QED) is 0.766. The molecule has 18 heavy (non-hydrogen) atoms. The summed E-state index contributed by atoms with van der Waals surface area (Å²) in [7, 11) is 0. The lowest BCUT2D eigenvalue weighted by Gasteiger charge is -2.46. The fourth-order valence-corrected chi connectivity index (χ4v) is 4.07. The van der Waals surface area contributed by atoms with Crippen molar-refractivity contribution in [3.05, 3.63) is 0 Å². The summed E-state index contributed by atoms with van der Waals surface area (Å²) >= 11 is 0. The Morgan fingerprint density at radius 3 is 2.22 bits per heavy atom. The van der Waals surface area contributed by atoms with E-state index in [2.05, 4.69) is 9.80 Å². The highest BCUT2D eigenvalue weighted by Crippen LogP contribution is 2.31. The lowest BCUT2D eigenvalue weighted by molar-refractivity contribution is -0.127. The van der Waals surface area contributed by atoms with E-state index >= 15 is 0 Å². The Kier molecular flexibility index (Phi) is 4.00. The van der Waals surface area contributed by atoms with Gasteiger partial charge in [0.1, 0.15) is 5.78 Å². The van der Waals surface area contributed by atoms with Crippen LogP contribution in [0.15, 0.2) is 0 Å². The smallest absolute Gasteiger partial charge is 0.136 e. The zero-order valence-corrected chi connectivity index (χ0v) is 11.4. The average Bonchev–Trinajstić information content (AvgIpc) is 2.37. The highest BCUT2D eigenvalue weighted by atomic mass is 16.1. The molecule has 0 aliphatic carbocycles. The van der Waals surface area contributed by atoms with E-state index in [1.165, 1.54) is 64.7 Å². The maximum atomic E-state index is 11.7. The normalized spacial score (nSPS) is 34.8. The van der Waals surface area contributed by atoms with Gasteiger partial charge in [-0.1, -0.05) is 12.8 Å². The van der Waals surface area contributed by atoms with E-state index in [0.29, 0.717) is 17.9 Å². The first-order valence-corrected chi connectivity index (χ1v) is 7.83. The summed E-state index contributed by atoms with van der Waals surface area (Å²) in [5, 5.41) is 0. The monoisotopic (exact) mass is 250 g/mol. The summed E-state index contributed by atoms with van der Waals surface area (Å²) in [6.45, 7) is 5.01. The molecule has 2 unspecified atom stereocenters. The summed E-state index contributed by atoms with van der Waals surface area (Å²) in [6.07, 6.45) is 9.68. The number of hydrogen-bond donors (Lipinski definition) is 0. The lowest BCUT2D eigenvalue weighted by atomic mass is 9.84. The van der Waals surface area contributed by atoms with Crippen LogP contribution < -0.4 is 0 Å². The molecule has 0 N–H and O–H groups in total. The topological polar surface area (TPSA) is 23.6 Å². The van der Waals surface area contributed by atoms with Crippen LogP contribution in [0, 0.1) is 0 Å². The molecular weight excluding hydrogens is 224 g/mol. The van der Waals surface area contributed by atoms with Crippen LogP contribution in [0.2, 0.25) is 0 Å². The molecule has 3 heterocycles. The van der Waals surface area contributed by atoms with E-state index in [1.807, 2.05) is 0 Å². The maximum absolute atomic E-state index is 11.7. The van der Waals surface area contributed by atoms with Gasteiger partial charge in [-0.2, -0.15) is 0 Å². The molecule has 0 spiro atoms. The molecule has 0 aromatic rings. The Labute approximate surface area is 111 Å². The Morgan fingerprint density at radius 1 is 0.889 bits per heavy atom. The van der Waals surface area contributed by atoms with Gasteiger partial charge in [0.2, 0.25) is 0 Å². The van der Waals surface area contributed by atoms with E-state index in [4.69, 9.17) is 0 Å². The summed E-state index contributed by atoms with van der Waals surface area (Å²) in [5.41, 5.74) is 0. The number of likely N-dealkylation sites (tertiary alicyclic amines) is 1. The second-order valence-electron chi connectivity index (χ2n) is 6.33. The largest absolute Gasteiger partial charge is 0.302 e. The minimum absolute atomic E-state index is 0.513. The molecular formula is C15H26N2O. The Balaban J connectivity index is 1.53. The van der Waals surface area contributed by atoms with Crippen molar-refractivity contribution < 1.29 is 4.79 Å². The van der Waals surface area contributed by atoms with E-state index in [-0.39, 0.29) is 0 Å². The summed E-state index contributed by atoms with van der Waals surface area (Å²) in [5.74, 6) is 0.513. The Bertz CT molecular complexity index is 283. The zero-order valence-electron chi connectivity index (χ0n) is 11.4. The Morgan fingerprint density at radius 2 is 1.56 bits per heavy atom. The van der Waals surface area contributed by atoms with Crippen molar-refractivity contribution in [2.75, 3.05) is 26.2 Å². The van der Waals surface area contributed by atoms with Gasteiger partial charge in [-0.15, -0.1) is 0 Å². The van der Waals surface area contributed by atoms with E-state index < -0.39 is 0 Å². The molecule has 3 saturated heterocycles. The number of piperidine rings is 3. The Hall–Kier alpha value is -0.410. The number of carbonyl (C=O) groups is 1. The van der Waals surface area contributed by atoms with E-state index in [9.17, 15) is 4.79 Å². The van der Waals surface area contributed by atoms with Gasteiger partial charge in [-0.3, -0.25) is 9.69 Å². The molecule has 0 saturated carbocycles. The van der Waals surface area contributed by atoms with Crippen molar-refractivity contribution in [2.24, 2.45) is 0 Å². The highest BCUT2D eigenvalue weighted by Gasteiger charge is 2.37. The fraction of sp³-hybridized carbons (Fsp3) is 0.933. The average molecular weight is 250 g/mol. The minimum atomic E-state index is 0.513. The summed E-state index contributed by atoms with van der Waals surface area (Å²) in [4.78, 5) is 17.0. The van der Waals surface area contributed by atoms with Crippen molar-refractivity contribution in [1.82, 2.24) is 9.80 Å². The summed E-state index contributed by atoms with van der Waals surface area (Å²) < 4.78 is 0. The van der Waals surface area contributed by atoms with Crippen LogP contribution in [-0.4, -0.2) is 53.8 Å². The van der Waals surface area contributed by atoms with Crippen LogP contribution >= 0.6 is 0 Å². The highest BCUT2D eigenvalue weighted by molar-refractivity contribution is 5.80. The zero-order chi connectivity index (χ0) is 12.4. The molecule has 2 atom stereocenters. The van der Waals surface area contributed by atoms with Crippen molar-refractivity contribution in [1.29, 1.82) is 0 Å². The van der Waals surface area contributed by atoms with Gasteiger partial charge in [0.05, 0.1) is 0 Å². The SMILES string of the molecule is O=C1CC2CCCC(C1)N2CCN1CCCCC1. The van der Waals surface area contributed by atoms with Gasteiger partial charge >= 0.3 is 0 Å². The molecule has 0 aromatic carbocycles. The summed E-state index contributed by atoms with van der Waals surface area (Å²) in [6, 6.07) is 1.16. The van der Waals surface area contributed by atoms with Gasteiger partial charge < -0.3 is 4.90 Å². The van der Waals surface area contributed by atoms with Gasteiger partial charge in [-0.05, 0) is 38.8 Å². The van der Waals surface area contributed by atoms with Gasteiger partial charge in [-0.25, -0.2) is 0 Å². The predicted molar refractivity (Wildman–Crippen MR) is 72.7 cm³/mol. The van der Waals surface area contributed by atoms with Crippen molar-refractivity contribution in [3.63, 3.8) is 0 Å². The molecule has 3 rings (SSSR count). The van der Waals surface area contributed by atoms with Crippen LogP contribution in [-0.2, 0) is 4.79 Å². The number of ketones is 1. The molecule has 2 bridgehead atoms. The number of hydrogen-bond acceptors (Lipinski definition) is 3. The minimum Gasteiger partial charge on any atom is -0.302 e. The molecule has 3 aliphatic heterocycles. The van der Waals surface area contributed by atoms with Crippen LogP contribution in [0.5, 0.6) is 0 Å². The second kappa shape index (κ2) is 5.70. The van der Waals surface area contributed by atoms with Crippen molar-refractivity contribution in [2.45, 2.75) is 63.5 Å². The van der Waals surface area contributed by atoms with E-state index in [0.717, 1.165) is 12.8 Å². The molecule has 102 valence electrons. The molecule has 3 nitrogen and oxygen atoms in total. The van der Waals surface area contributed by atoms with E-state index in [1.54, 1.807) is 0 Å².